The molecule has 3 aromatic rings. The Morgan fingerprint density at radius 2 is 1.68 bits per heavy atom. The molecule has 1 aliphatic carbocycles. The summed E-state index contributed by atoms with van der Waals surface area (Å²) in [7, 11) is 0. The lowest BCUT2D eigenvalue weighted by Crippen LogP contribution is -2.36. The monoisotopic (exact) mass is 539 g/mol. The van der Waals surface area contributed by atoms with Crippen molar-refractivity contribution in [2.75, 3.05) is 11.9 Å². The van der Waals surface area contributed by atoms with Crippen molar-refractivity contribution in [2.45, 2.75) is 51.0 Å². The maximum atomic E-state index is 13.7. The van der Waals surface area contributed by atoms with Crippen LogP contribution in [0.1, 0.15) is 60.3 Å². The first-order valence-electron chi connectivity index (χ1n) is 13.7. The third-order valence-electron chi connectivity index (χ3n) is 7.56. The predicted molar refractivity (Wildman–Crippen MR) is 152 cm³/mol. The number of carbonyl (C=O) groups is 3. The minimum absolute atomic E-state index is 0.00291. The Morgan fingerprint density at radius 1 is 0.975 bits per heavy atom. The Kier molecular flexibility index (Phi) is 8.54. The molecule has 0 bridgehead atoms. The number of hydrogen-bond donors (Lipinski definition) is 2. The van der Waals surface area contributed by atoms with Crippen LogP contribution in [0.2, 0.25) is 0 Å². The first-order chi connectivity index (χ1) is 19.5. The van der Waals surface area contributed by atoms with Gasteiger partial charge in [-0.1, -0.05) is 73.5 Å². The number of rotatable bonds is 10. The molecule has 1 aliphatic heterocycles. The van der Waals surface area contributed by atoms with Gasteiger partial charge in [0.15, 0.2) is 6.61 Å². The van der Waals surface area contributed by atoms with Crippen molar-refractivity contribution >= 4 is 29.4 Å². The number of nitrogens with one attached hydrogen (secondary N) is 1. The Balaban J connectivity index is 1.33. The first-order valence-corrected chi connectivity index (χ1v) is 13.7. The van der Waals surface area contributed by atoms with Crippen molar-refractivity contribution in [2.24, 2.45) is 11.0 Å². The second-order valence-corrected chi connectivity index (χ2v) is 10.3. The molecule has 0 saturated heterocycles. The molecule has 8 nitrogen and oxygen atoms in total. The molecule has 1 unspecified atom stereocenters. The quantitative estimate of drug-likeness (QED) is 0.362. The van der Waals surface area contributed by atoms with Gasteiger partial charge in [-0.3, -0.25) is 14.4 Å². The van der Waals surface area contributed by atoms with Crippen LogP contribution in [-0.2, 0) is 32.1 Å². The number of aliphatic carboxylic acids is 1. The summed E-state index contributed by atoms with van der Waals surface area (Å²) in [5.74, 6) is -0.840. The number of carbonyl (C=O) groups excluding carboxylic acids is 2. The van der Waals surface area contributed by atoms with E-state index in [9.17, 15) is 14.4 Å². The zero-order valence-electron chi connectivity index (χ0n) is 22.3. The number of benzene rings is 3. The molecule has 2 aliphatic rings. The molecule has 2 N–H and O–H groups in total. The summed E-state index contributed by atoms with van der Waals surface area (Å²) in [6.45, 7) is 0.236. The van der Waals surface area contributed by atoms with E-state index in [1.54, 1.807) is 0 Å². The SMILES string of the molecule is O=C(O)CCc1ccccc1NC(=O)C(c1ccc(CN2N=C(c3ccccc3)OCC2=O)cc1)C1CCCC1. The first kappa shape index (κ1) is 27.1. The molecule has 206 valence electrons. The van der Waals surface area contributed by atoms with Gasteiger partial charge in [-0.2, -0.15) is 0 Å². The van der Waals surface area contributed by atoms with Crippen LogP contribution >= 0.6 is 0 Å². The van der Waals surface area contributed by atoms with Crippen molar-refractivity contribution in [1.29, 1.82) is 0 Å². The van der Waals surface area contributed by atoms with Gasteiger partial charge >= 0.3 is 5.97 Å². The van der Waals surface area contributed by atoms with Gasteiger partial charge in [0.2, 0.25) is 11.8 Å². The molecular formula is C32H33N3O5. The molecular weight excluding hydrogens is 506 g/mol. The Morgan fingerprint density at radius 3 is 2.40 bits per heavy atom. The Labute approximate surface area is 233 Å². The lowest BCUT2D eigenvalue weighted by molar-refractivity contribution is -0.137. The predicted octanol–water partition coefficient (Wildman–Crippen LogP) is 5.34. The highest BCUT2D eigenvalue weighted by atomic mass is 16.5. The molecule has 1 heterocycles. The summed E-state index contributed by atoms with van der Waals surface area (Å²) in [6, 6.07) is 24.7. The van der Waals surface area contributed by atoms with Crippen molar-refractivity contribution in [3.05, 3.63) is 101 Å². The smallest absolute Gasteiger partial charge is 0.303 e. The molecule has 8 heteroatoms. The van der Waals surface area contributed by atoms with Crippen molar-refractivity contribution in [1.82, 2.24) is 5.01 Å². The second-order valence-electron chi connectivity index (χ2n) is 10.3. The third kappa shape index (κ3) is 6.57. The van der Waals surface area contributed by atoms with E-state index >= 15 is 0 Å². The molecule has 0 aromatic heterocycles. The molecule has 1 saturated carbocycles. The number of ether oxygens (including phenoxy) is 1. The maximum absolute atomic E-state index is 13.7. The van der Waals surface area contributed by atoms with Gasteiger partial charge in [-0.15, -0.1) is 5.10 Å². The number of carboxylic acids is 1. The van der Waals surface area contributed by atoms with Gasteiger partial charge in [0.25, 0.3) is 5.91 Å². The number of amides is 2. The summed E-state index contributed by atoms with van der Waals surface area (Å²) >= 11 is 0. The van der Waals surface area contributed by atoms with Crippen LogP contribution in [0.5, 0.6) is 0 Å². The summed E-state index contributed by atoms with van der Waals surface area (Å²) in [6.07, 6.45) is 4.52. The molecule has 0 radical (unpaired) electrons. The zero-order chi connectivity index (χ0) is 27.9. The van der Waals surface area contributed by atoms with Crippen LogP contribution in [0.25, 0.3) is 0 Å². The molecule has 1 fully saturated rings. The number of hydrogen-bond acceptors (Lipinski definition) is 5. The van der Waals surface area contributed by atoms with E-state index in [2.05, 4.69) is 10.4 Å². The fraction of sp³-hybridized carbons (Fsp3) is 0.312. The molecule has 3 aromatic carbocycles. The molecule has 2 amide bonds. The lowest BCUT2D eigenvalue weighted by atomic mass is 9.83. The number of aryl methyl sites for hydroxylation is 1. The summed E-state index contributed by atoms with van der Waals surface area (Å²) < 4.78 is 5.55. The van der Waals surface area contributed by atoms with Crippen molar-refractivity contribution in [3.63, 3.8) is 0 Å². The lowest BCUT2D eigenvalue weighted by Gasteiger charge is -2.25. The van der Waals surface area contributed by atoms with Crippen LogP contribution < -0.4 is 5.32 Å². The van der Waals surface area contributed by atoms with E-state index < -0.39 is 5.97 Å². The van der Waals surface area contributed by atoms with Crippen molar-refractivity contribution < 1.29 is 24.2 Å². The average molecular weight is 540 g/mol. The number of hydrazone groups is 1. The number of nitrogens with zero attached hydrogens (tertiary/aromatic N) is 2. The van der Waals surface area contributed by atoms with E-state index in [1.807, 2.05) is 78.9 Å². The van der Waals surface area contributed by atoms with Gasteiger partial charge in [-0.05, 0) is 60.1 Å². The highest BCUT2D eigenvalue weighted by Crippen LogP contribution is 2.38. The van der Waals surface area contributed by atoms with Crippen LogP contribution in [0, 0.1) is 5.92 Å². The van der Waals surface area contributed by atoms with Gasteiger partial charge in [0, 0.05) is 17.7 Å². The van der Waals surface area contributed by atoms with Crippen LogP contribution in [-0.4, -0.2) is 40.4 Å². The zero-order valence-corrected chi connectivity index (χ0v) is 22.3. The second kappa shape index (κ2) is 12.6. The third-order valence-corrected chi connectivity index (χ3v) is 7.56. The largest absolute Gasteiger partial charge is 0.481 e. The normalized spacial score (nSPS) is 16.2. The molecule has 1 atom stereocenters. The minimum Gasteiger partial charge on any atom is -0.481 e. The van der Waals surface area contributed by atoms with Crippen molar-refractivity contribution in [3.8, 4) is 0 Å². The molecule has 40 heavy (non-hydrogen) atoms. The van der Waals surface area contributed by atoms with E-state index in [0.717, 1.165) is 47.9 Å². The van der Waals surface area contributed by atoms with E-state index in [4.69, 9.17) is 9.84 Å². The molecule has 0 spiro atoms. The van der Waals surface area contributed by atoms with Crippen LogP contribution in [0.3, 0.4) is 0 Å². The average Bonchev–Trinajstić information content (AvgIpc) is 3.49. The summed E-state index contributed by atoms with van der Waals surface area (Å²) in [4.78, 5) is 37.3. The van der Waals surface area contributed by atoms with Gasteiger partial charge in [-0.25, -0.2) is 5.01 Å². The number of carboxylic acid groups (broad SMARTS) is 1. The van der Waals surface area contributed by atoms with Gasteiger partial charge in [0.05, 0.1) is 12.5 Å². The van der Waals surface area contributed by atoms with Crippen LogP contribution in [0.15, 0.2) is 84.0 Å². The minimum atomic E-state index is -0.870. The fourth-order valence-electron chi connectivity index (χ4n) is 5.49. The van der Waals surface area contributed by atoms with Gasteiger partial charge in [0.1, 0.15) is 0 Å². The fourth-order valence-corrected chi connectivity index (χ4v) is 5.49. The number of para-hydroxylation sites is 1. The van der Waals surface area contributed by atoms with E-state index in [-0.39, 0.29) is 36.7 Å². The number of anilines is 1. The highest BCUT2D eigenvalue weighted by Gasteiger charge is 2.32. The standard InChI is InChI=1S/C32H33N3O5/c36-28-21-40-32(26-11-2-1-3-12-26)34-35(28)20-22-14-16-25(17-15-22)30(24-9-4-5-10-24)31(39)33-27-13-7-6-8-23(27)18-19-29(37)38/h1-3,6-8,11-17,24,30H,4-5,9-10,18-21H2,(H,33,39)(H,37,38). The highest BCUT2D eigenvalue weighted by molar-refractivity contribution is 5.98. The summed E-state index contributed by atoms with van der Waals surface area (Å²) in [5.41, 5.74) is 4.11. The van der Waals surface area contributed by atoms with E-state index in [0.29, 0.717) is 24.6 Å². The topological polar surface area (TPSA) is 108 Å². The Bertz CT molecular complexity index is 1380. The van der Waals surface area contributed by atoms with Gasteiger partial charge < -0.3 is 15.2 Å². The maximum Gasteiger partial charge on any atom is 0.303 e. The van der Waals surface area contributed by atoms with E-state index in [1.165, 1.54) is 5.01 Å². The molecule has 5 rings (SSSR count). The Hall–Kier alpha value is -4.46. The van der Waals surface area contributed by atoms with Crippen LogP contribution in [0.4, 0.5) is 5.69 Å². The summed E-state index contributed by atoms with van der Waals surface area (Å²) in [5, 5.41) is 18.1.